The summed E-state index contributed by atoms with van der Waals surface area (Å²) >= 11 is 0. The van der Waals surface area contributed by atoms with Gasteiger partial charge in [0.1, 0.15) is 10.7 Å². The Bertz CT molecular complexity index is 1560. The molecule has 0 aliphatic rings. The van der Waals surface area contributed by atoms with Crippen LogP contribution in [0.15, 0.2) is 75.9 Å². The fraction of sp³-hybridized carbons (Fsp3) is 0.208. The molecule has 2 aromatic carbocycles. The monoisotopic (exact) mass is 491 g/mol. The summed E-state index contributed by atoms with van der Waals surface area (Å²) < 4.78 is 29.8. The van der Waals surface area contributed by atoms with E-state index in [4.69, 9.17) is 5.73 Å². The zero-order valence-corrected chi connectivity index (χ0v) is 20.5. The third-order valence-corrected chi connectivity index (χ3v) is 6.66. The first kappa shape index (κ1) is 24.0. The van der Waals surface area contributed by atoms with Crippen molar-refractivity contribution in [3.63, 3.8) is 0 Å². The SMILES string of the molecule is Cn1nc(C(C)(C)C)c(/N=N/c2ccccc2C(=O)NS(=O)(=O)c2cccc3cccnc23)c1N. The van der Waals surface area contributed by atoms with Crippen LogP contribution in [0.5, 0.6) is 0 Å². The standard InChI is InChI=1S/C24H25N7O3S/c1-24(2,3)21-20(22(25)31(4)29-21)28-27-17-12-6-5-11-16(17)23(32)30-35(33,34)18-13-7-9-15-10-8-14-26-19(15)18/h5-14H,25H2,1-4H3,(H,30,32)/b28-27+. The molecule has 0 saturated carbocycles. The number of benzene rings is 2. The van der Waals surface area contributed by atoms with Crippen molar-refractivity contribution < 1.29 is 13.2 Å². The van der Waals surface area contributed by atoms with Crippen LogP contribution >= 0.6 is 0 Å². The van der Waals surface area contributed by atoms with Crippen molar-refractivity contribution >= 4 is 44.0 Å². The normalized spacial score (nSPS) is 12.3. The molecule has 4 aromatic rings. The number of aryl methyl sites for hydroxylation is 1. The van der Waals surface area contributed by atoms with Crippen LogP contribution in [0.4, 0.5) is 17.2 Å². The number of aromatic nitrogens is 3. The number of amides is 1. The fourth-order valence-corrected chi connectivity index (χ4v) is 4.66. The number of nitrogens with one attached hydrogen (secondary N) is 1. The number of hydrogen-bond donors (Lipinski definition) is 2. The van der Waals surface area contributed by atoms with E-state index in [-0.39, 0.29) is 27.1 Å². The highest BCUT2D eigenvalue weighted by atomic mass is 32.2. The summed E-state index contributed by atoms with van der Waals surface area (Å²) in [6.07, 6.45) is 1.49. The van der Waals surface area contributed by atoms with Gasteiger partial charge < -0.3 is 5.73 Å². The van der Waals surface area contributed by atoms with Gasteiger partial charge in [-0.2, -0.15) is 5.10 Å². The van der Waals surface area contributed by atoms with Crippen LogP contribution < -0.4 is 10.5 Å². The number of fused-ring (bicyclic) bond motifs is 1. The van der Waals surface area contributed by atoms with Crippen LogP contribution in [0.3, 0.4) is 0 Å². The average molecular weight is 492 g/mol. The molecule has 0 unspecified atom stereocenters. The maximum Gasteiger partial charge on any atom is 0.267 e. The Balaban J connectivity index is 1.68. The van der Waals surface area contributed by atoms with Gasteiger partial charge in [-0.05, 0) is 24.3 Å². The highest BCUT2D eigenvalue weighted by Crippen LogP contribution is 2.36. The van der Waals surface area contributed by atoms with Crippen molar-refractivity contribution in [3.8, 4) is 0 Å². The van der Waals surface area contributed by atoms with Crippen LogP contribution in [-0.4, -0.2) is 29.1 Å². The molecule has 2 aromatic heterocycles. The van der Waals surface area contributed by atoms with E-state index in [9.17, 15) is 13.2 Å². The Hall–Kier alpha value is -4.12. The molecule has 35 heavy (non-hydrogen) atoms. The number of anilines is 1. The zero-order valence-electron chi connectivity index (χ0n) is 19.7. The van der Waals surface area contributed by atoms with E-state index in [1.54, 1.807) is 49.5 Å². The summed E-state index contributed by atoms with van der Waals surface area (Å²) in [5, 5.41) is 13.6. The molecule has 10 nitrogen and oxygen atoms in total. The van der Waals surface area contributed by atoms with Crippen LogP contribution in [0.1, 0.15) is 36.8 Å². The maximum atomic E-state index is 13.1. The molecule has 11 heteroatoms. The first-order chi connectivity index (χ1) is 16.5. The van der Waals surface area contributed by atoms with Crippen LogP contribution in [-0.2, 0) is 22.5 Å². The number of carbonyl (C=O) groups excluding carboxylic acids is 1. The molecule has 180 valence electrons. The predicted octanol–water partition coefficient (Wildman–Crippen LogP) is 4.38. The molecule has 3 N–H and O–H groups in total. The second kappa shape index (κ2) is 8.91. The first-order valence-corrected chi connectivity index (χ1v) is 12.2. The summed E-state index contributed by atoms with van der Waals surface area (Å²) in [5.41, 5.74) is 7.32. The Morgan fingerprint density at radius 3 is 2.49 bits per heavy atom. The molecule has 0 fully saturated rings. The minimum atomic E-state index is -4.22. The van der Waals surface area contributed by atoms with Crippen molar-refractivity contribution in [2.75, 3.05) is 5.73 Å². The average Bonchev–Trinajstić information content (AvgIpc) is 3.11. The van der Waals surface area contributed by atoms with Gasteiger partial charge in [0.2, 0.25) is 0 Å². The topological polar surface area (TPSA) is 145 Å². The van der Waals surface area contributed by atoms with E-state index in [0.29, 0.717) is 22.6 Å². The van der Waals surface area contributed by atoms with Gasteiger partial charge in [0.25, 0.3) is 15.9 Å². The lowest BCUT2D eigenvalue weighted by atomic mass is 9.91. The number of para-hydroxylation sites is 1. The molecule has 0 aliphatic heterocycles. The van der Waals surface area contributed by atoms with E-state index >= 15 is 0 Å². The smallest absolute Gasteiger partial charge is 0.267 e. The lowest BCUT2D eigenvalue weighted by Gasteiger charge is -2.15. The van der Waals surface area contributed by atoms with Gasteiger partial charge in [0.05, 0.1) is 22.5 Å². The van der Waals surface area contributed by atoms with E-state index < -0.39 is 15.9 Å². The van der Waals surface area contributed by atoms with Gasteiger partial charge in [-0.1, -0.05) is 51.1 Å². The molecular formula is C24H25N7O3S. The molecule has 1 amide bonds. The van der Waals surface area contributed by atoms with Crippen LogP contribution in [0.25, 0.3) is 10.9 Å². The number of carbonyl (C=O) groups is 1. The third kappa shape index (κ3) is 4.76. The van der Waals surface area contributed by atoms with Crippen molar-refractivity contribution in [1.82, 2.24) is 19.5 Å². The van der Waals surface area contributed by atoms with Crippen LogP contribution in [0, 0.1) is 0 Å². The lowest BCUT2D eigenvalue weighted by molar-refractivity contribution is 0.0982. The Kier molecular flexibility index (Phi) is 6.12. The van der Waals surface area contributed by atoms with Gasteiger partial charge in [-0.15, -0.1) is 10.2 Å². The number of nitrogen functional groups attached to an aromatic ring is 1. The molecule has 0 saturated heterocycles. The Morgan fingerprint density at radius 2 is 1.74 bits per heavy atom. The molecule has 0 atom stereocenters. The number of sulfonamides is 1. The summed E-state index contributed by atoms with van der Waals surface area (Å²) in [7, 11) is -2.51. The minimum absolute atomic E-state index is 0.0350. The van der Waals surface area contributed by atoms with Crippen molar-refractivity contribution in [3.05, 3.63) is 72.1 Å². The predicted molar refractivity (Wildman–Crippen MR) is 133 cm³/mol. The van der Waals surface area contributed by atoms with Gasteiger partial charge in [0, 0.05) is 24.0 Å². The molecule has 0 spiro atoms. The Labute approximate surface area is 203 Å². The third-order valence-electron chi connectivity index (χ3n) is 5.29. The molecular weight excluding hydrogens is 466 g/mol. The lowest BCUT2D eigenvalue weighted by Crippen LogP contribution is -2.30. The summed E-state index contributed by atoms with van der Waals surface area (Å²) in [5.74, 6) is -0.519. The largest absolute Gasteiger partial charge is 0.382 e. The summed E-state index contributed by atoms with van der Waals surface area (Å²) in [6.45, 7) is 5.92. The Morgan fingerprint density at radius 1 is 1.03 bits per heavy atom. The number of hydrogen-bond acceptors (Lipinski definition) is 8. The van der Waals surface area contributed by atoms with Crippen molar-refractivity contribution in [1.29, 1.82) is 0 Å². The van der Waals surface area contributed by atoms with Gasteiger partial charge in [-0.25, -0.2) is 13.1 Å². The number of nitrogens with zero attached hydrogens (tertiary/aromatic N) is 5. The number of nitrogens with two attached hydrogens (primary N) is 1. The second-order valence-corrected chi connectivity index (χ2v) is 10.6. The number of rotatable bonds is 5. The van der Waals surface area contributed by atoms with Gasteiger partial charge in [-0.3, -0.25) is 14.5 Å². The first-order valence-electron chi connectivity index (χ1n) is 10.7. The minimum Gasteiger partial charge on any atom is -0.382 e. The van der Waals surface area contributed by atoms with Gasteiger partial charge >= 0.3 is 0 Å². The van der Waals surface area contributed by atoms with E-state index in [2.05, 4.69) is 25.0 Å². The van der Waals surface area contributed by atoms with Crippen molar-refractivity contribution in [2.45, 2.75) is 31.1 Å². The van der Waals surface area contributed by atoms with E-state index in [1.165, 1.54) is 23.0 Å². The van der Waals surface area contributed by atoms with E-state index in [0.717, 1.165) is 0 Å². The highest BCUT2D eigenvalue weighted by molar-refractivity contribution is 7.90. The quantitative estimate of drug-likeness (QED) is 0.396. The fourth-order valence-electron chi connectivity index (χ4n) is 3.51. The summed E-state index contributed by atoms with van der Waals surface area (Å²) in [4.78, 5) is 17.1. The molecule has 2 heterocycles. The zero-order chi connectivity index (χ0) is 25.4. The second-order valence-electron chi connectivity index (χ2n) is 8.94. The number of pyridine rings is 1. The molecule has 4 rings (SSSR count). The highest BCUT2D eigenvalue weighted by Gasteiger charge is 2.26. The molecule has 0 bridgehead atoms. The van der Waals surface area contributed by atoms with E-state index in [1.807, 2.05) is 20.8 Å². The molecule has 0 aliphatic carbocycles. The van der Waals surface area contributed by atoms with Crippen molar-refractivity contribution in [2.24, 2.45) is 17.3 Å². The number of azo groups is 1. The van der Waals surface area contributed by atoms with Crippen LogP contribution in [0.2, 0.25) is 0 Å². The molecule has 0 radical (unpaired) electrons. The van der Waals surface area contributed by atoms with Gasteiger partial charge in [0.15, 0.2) is 5.69 Å². The maximum absolute atomic E-state index is 13.1. The summed E-state index contributed by atoms with van der Waals surface area (Å²) in [6, 6.07) is 14.5.